The van der Waals surface area contributed by atoms with Crippen LogP contribution in [0.5, 0.6) is 0 Å². The van der Waals surface area contributed by atoms with Crippen LogP contribution in [0.3, 0.4) is 0 Å². The van der Waals surface area contributed by atoms with Crippen LogP contribution in [-0.4, -0.2) is 16.1 Å². The van der Waals surface area contributed by atoms with Crippen molar-refractivity contribution in [1.29, 1.82) is 0 Å². The molecule has 0 radical (unpaired) electrons. The summed E-state index contributed by atoms with van der Waals surface area (Å²) in [6.07, 6.45) is -5.28. The fourth-order valence-electron chi connectivity index (χ4n) is 0.135. The molecule has 56 valence electrons. The van der Waals surface area contributed by atoms with Crippen LogP contribution >= 0.6 is 7.82 Å². The zero-order chi connectivity index (χ0) is 7.71. The Morgan fingerprint density at radius 3 is 1.67 bits per heavy atom. The molecule has 0 aliphatic carbocycles. The lowest BCUT2D eigenvalue weighted by Gasteiger charge is -2.06. The van der Waals surface area contributed by atoms with Crippen molar-refractivity contribution < 1.29 is 32.0 Å². The topological polar surface area (TPSA) is 66.8 Å². The molecule has 9 heavy (non-hydrogen) atoms. The second-order valence-corrected chi connectivity index (χ2v) is 2.19. The van der Waals surface area contributed by atoms with Crippen molar-refractivity contribution >= 4 is 7.82 Å². The highest BCUT2D eigenvalue weighted by Crippen LogP contribution is 2.42. The van der Waals surface area contributed by atoms with Gasteiger partial charge in [0.05, 0.1) is 0 Å². The molecule has 0 fully saturated rings. The zero-order valence-electron chi connectivity index (χ0n) is 3.79. The molecule has 0 aliphatic rings. The van der Waals surface area contributed by atoms with Crippen molar-refractivity contribution in [3.63, 3.8) is 0 Å². The quantitative estimate of drug-likeness (QED) is 0.560. The Kier molecular flexibility index (Phi) is 2.24. The van der Waals surface area contributed by atoms with E-state index in [-0.39, 0.29) is 0 Å². The largest absolute Gasteiger partial charge is 0.531 e. The molecule has 0 atom stereocenters. The Morgan fingerprint density at radius 2 is 1.67 bits per heavy atom. The van der Waals surface area contributed by atoms with Crippen LogP contribution in [0.25, 0.3) is 0 Å². The Morgan fingerprint density at radius 1 is 1.33 bits per heavy atom. The van der Waals surface area contributed by atoms with Gasteiger partial charge in [-0.15, -0.1) is 13.2 Å². The third-order valence-electron chi connectivity index (χ3n) is 0.222. The van der Waals surface area contributed by atoms with Crippen molar-refractivity contribution in [2.24, 2.45) is 0 Å². The van der Waals surface area contributed by atoms with Crippen molar-refractivity contribution in [2.45, 2.75) is 6.36 Å². The molecule has 4 nitrogen and oxygen atoms in total. The maximum atomic E-state index is 10.8. The van der Waals surface area contributed by atoms with Gasteiger partial charge in [0, 0.05) is 0 Å². The van der Waals surface area contributed by atoms with Crippen LogP contribution < -0.4 is 0 Å². The van der Waals surface area contributed by atoms with Crippen molar-refractivity contribution in [1.82, 2.24) is 0 Å². The number of phosphoric acid groups is 1. The maximum Gasteiger partial charge on any atom is 0.531 e. The van der Waals surface area contributed by atoms with Gasteiger partial charge in [0.1, 0.15) is 0 Å². The SMILES string of the molecule is O=P(O)(O)OC(F)(F)F. The number of rotatable bonds is 1. The highest BCUT2D eigenvalue weighted by atomic mass is 31.2. The molecule has 0 unspecified atom stereocenters. The Hall–Kier alpha value is -0.100. The Bertz CT molecular complexity index is 133. The lowest BCUT2D eigenvalue weighted by molar-refractivity contribution is -0.281. The first-order chi connectivity index (χ1) is 3.71. The first kappa shape index (κ1) is 8.90. The van der Waals surface area contributed by atoms with Gasteiger partial charge >= 0.3 is 14.2 Å². The fourth-order valence-corrected chi connectivity index (χ4v) is 0.405. The third kappa shape index (κ3) is 7.90. The number of hydrogen-bond acceptors (Lipinski definition) is 2. The molecular formula is CH2F3O4P. The summed E-state index contributed by atoms with van der Waals surface area (Å²) in [4.78, 5) is 15.0. The maximum absolute atomic E-state index is 10.8. The minimum atomic E-state index is -5.41. The molecule has 0 spiro atoms. The molecule has 0 saturated carbocycles. The predicted octanol–water partition coefficient (Wildman–Crippen LogP) is 0.615. The van der Waals surface area contributed by atoms with E-state index in [9.17, 15) is 17.7 Å². The van der Waals surface area contributed by atoms with Crippen molar-refractivity contribution in [2.75, 3.05) is 0 Å². The first-order valence-corrected chi connectivity index (χ1v) is 3.07. The van der Waals surface area contributed by atoms with E-state index in [2.05, 4.69) is 4.52 Å². The normalized spacial score (nSPS) is 13.9. The van der Waals surface area contributed by atoms with Gasteiger partial charge in [-0.3, -0.25) is 0 Å². The first-order valence-electron chi connectivity index (χ1n) is 1.54. The van der Waals surface area contributed by atoms with Gasteiger partial charge in [0.15, 0.2) is 0 Å². The molecule has 0 aliphatic heterocycles. The second kappa shape index (κ2) is 2.26. The molecule has 0 aromatic rings. The summed E-state index contributed by atoms with van der Waals surface area (Å²) in [5.41, 5.74) is 0. The van der Waals surface area contributed by atoms with E-state index >= 15 is 0 Å². The van der Waals surface area contributed by atoms with Crippen LogP contribution in [0.15, 0.2) is 0 Å². The lowest BCUT2D eigenvalue weighted by Crippen LogP contribution is -2.10. The fraction of sp³-hybridized carbons (Fsp3) is 1.00. The summed E-state index contributed by atoms with van der Waals surface area (Å²) in [5, 5.41) is 0. The van der Waals surface area contributed by atoms with E-state index in [0.29, 0.717) is 0 Å². The van der Waals surface area contributed by atoms with Crippen molar-refractivity contribution in [3.05, 3.63) is 0 Å². The highest BCUT2D eigenvalue weighted by molar-refractivity contribution is 7.46. The number of halogens is 3. The molecule has 0 aromatic heterocycles. The molecule has 0 amide bonds. The lowest BCUT2D eigenvalue weighted by atomic mass is 11.4. The van der Waals surface area contributed by atoms with Gasteiger partial charge in [0.25, 0.3) is 0 Å². The van der Waals surface area contributed by atoms with Crippen LogP contribution in [0.1, 0.15) is 0 Å². The summed E-state index contributed by atoms with van der Waals surface area (Å²) < 4.78 is 44.2. The van der Waals surface area contributed by atoms with E-state index in [1.807, 2.05) is 0 Å². The van der Waals surface area contributed by atoms with E-state index < -0.39 is 14.2 Å². The van der Waals surface area contributed by atoms with Crippen molar-refractivity contribution in [3.8, 4) is 0 Å². The molecular weight excluding hydrogens is 164 g/mol. The predicted molar refractivity (Wildman–Crippen MR) is 19.2 cm³/mol. The molecule has 0 heterocycles. The number of hydrogen-bond donors (Lipinski definition) is 2. The van der Waals surface area contributed by atoms with Crippen LogP contribution in [-0.2, 0) is 9.09 Å². The number of alkyl halides is 3. The average Bonchev–Trinajstić information content (AvgIpc) is 1.14. The van der Waals surface area contributed by atoms with Gasteiger partial charge in [-0.25, -0.2) is 4.57 Å². The summed E-state index contributed by atoms with van der Waals surface area (Å²) in [7, 11) is -5.41. The molecule has 8 heteroatoms. The number of phosphoric ester groups is 1. The van der Waals surface area contributed by atoms with Crippen LogP contribution in [0, 0.1) is 0 Å². The monoisotopic (exact) mass is 166 g/mol. The minimum Gasteiger partial charge on any atom is -0.302 e. The molecule has 0 rings (SSSR count). The average molecular weight is 166 g/mol. The Balaban J connectivity index is 3.90. The summed E-state index contributed by atoms with van der Waals surface area (Å²) in [6.45, 7) is 0. The minimum absolute atomic E-state index is 2.29. The van der Waals surface area contributed by atoms with Gasteiger partial charge < -0.3 is 9.79 Å². The third-order valence-corrected chi connectivity index (χ3v) is 0.667. The van der Waals surface area contributed by atoms with Crippen LogP contribution in [0.4, 0.5) is 13.2 Å². The van der Waals surface area contributed by atoms with E-state index in [4.69, 9.17) is 9.79 Å². The Labute approximate surface area is 47.5 Å². The smallest absolute Gasteiger partial charge is 0.302 e. The summed E-state index contributed by atoms with van der Waals surface area (Å²) >= 11 is 0. The zero-order valence-corrected chi connectivity index (χ0v) is 4.69. The summed E-state index contributed by atoms with van der Waals surface area (Å²) in [5.74, 6) is 0. The summed E-state index contributed by atoms with van der Waals surface area (Å²) in [6, 6.07) is 0. The standard InChI is InChI=1S/CH2F3O4P/c2-1(3,4)8-9(5,6)7/h(H2,5,6,7). The van der Waals surface area contributed by atoms with E-state index in [1.165, 1.54) is 0 Å². The second-order valence-electron chi connectivity index (χ2n) is 1.03. The van der Waals surface area contributed by atoms with Gasteiger partial charge in [-0.1, -0.05) is 0 Å². The highest BCUT2D eigenvalue weighted by Gasteiger charge is 2.38. The van der Waals surface area contributed by atoms with Gasteiger partial charge in [-0.2, -0.15) is 4.52 Å². The molecule has 0 saturated heterocycles. The molecule has 2 N–H and O–H groups in total. The molecule has 0 bridgehead atoms. The molecule has 0 aromatic carbocycles. The van der Waals surface area contributed by atoms with Crippen LogP contribution in [0.2, 0.25) is 0 Å². The van der Waals surface area contributed by atoms with Gasteiger partial charge in [0.2, 0.25) is 0 Å². The van der Waals surface area contributed by atoms with E-state index in [0.717, 1.165) is 0 Å². The van der Waals surface area contributed by atoms with E-state index in [1.54, 1.807) is 0 Å². The van der Waals surface area contributed by atoms with Gasteiger partial charge in [-0.05, 0) is 0 Å².